The zero-order chi connectivity index (χ0) is 16.1. The molecule has 0 bridgehead atoms. The molecule has 1 N–H and O–H groups in total. The second-order valence-electron chi connectivity index (χ2n) is 5.76. The van der Waals surface area contributed by atoms with E-state index in [-0.39, 0.29) is 5.91 Å². The molecule has 0 saturated carbocycles. The average Bonchev–Trinajstić information content (AvgIpc) is 2.54. The fourth-order valence-electron chi connectivity index (χ4n) is 2.66. The predicted molar refractivity (Wildman–Crippen MR) is 96.2 cm³/mol. The number of benzene rings is 2. The SMILES string of the molecule is Cc1cccc(CSCCOc2ccc3c(c2)CCC(=O)N3)c1. The lowest BCUT2D eigenvalue weighted by Crippen LogP contribution is -2.18. The van der Waals surface area contributed by atoms with Gasteiger partial charge in [0.2, 0.25) is 5.91 Å². The van der Waals surface area contributed by atoms with Crippen LogP contribution in [-0.4, -0.2) is 18.3 Å². The van der Waals surface area contributed by atoms with Crippen LogP contribution in [0, 0.1) is 6.92 Å². The molecular weight excluding hydrogens is 306 g/mol. The maximum atomic E-state index is 11.3. The van der Waals surface area contributed by atoms with E-state index in [0.717, 1.165) is 34.9 Å². The molecule has 1 heterocycles. The quantitative estimate of drug-likeness (QED) is 0.809. The first-order chi connectivity index (χ1) is 11.2. The van der Waals surface area contributed by atoms with E-state index < -0.39 is 0 Å². The fourth-order valence-corrected chi connectivity index (χ4v) is 3.42. The topological polar surface area (TPSA) is 38.3 Å². The van der Waals surface area contributed by atoms with Crippen LogP contribution in [0.4, 0.5) is 5.69 Å². The summed E-state index contributed by atoms with van der Waals surface area (Å²) in [5.41, 5.74) is 4.75. The Kier molecular flexibility index (Phi) is 5.23. The molecule has 0 atom stereocenters. The Morgan fingerprint density at radius 2 is 2.09 bits per heavy atom. The minimum Gasteiger partial charge on any atom is -0.493 e. The third kappa shape index (κ3) is 4.52. The number of nitrogens with one attached hydrogen (secondary N) is 1. The van der Waals surface area contributed by atoms with Crippen LogP contribution in [0.3, 0.4) is 0 Å². The number of rotatable bonds is 6. The van der Waals surface area contributed by atoms with Crippen molar-refractivity contribution in [2.75, 3.05) is 17.7 Å². The fraction of sp³-hybridized carbons (Fsp3) is 0.316. The van der Waals surface area contributed by atoms with Gasteiger partial charge in [0.05, 0.1) is 6.61 Å². The van der Waals surface area contributed by atoms with Crippen molar-refractivity contribution >= 4 is 23.4 Å². The van der Waals surface area contributed by atoms with Crippen LogP contribution in [-0.2, 0) is 17.0 Å². The Balaban J connectivity index is 1.43. The molecule has 0 saturated heterocycles. The first kappa shape index (κ1) is 15.9. The molecule has 2 aromatic rings. The van der Waals surface area contributed by atoms with E-state index in [2.05, 4.69) is 36.5 Å². The second-order valence-corrected chi connectivity index (χ2v) is 6.86. The number of hydrogen-bond acceptors (Lipinski definition) is 3. The lowest BCUT2D eigenvalue weighted by atomic mass is 10.0. The van der Waals surface area contributed by atoms with Gasteiger partial charge in [-0.3, -0.25) is 4.79 Å². The van der Waals surface area contributed by atoms with Gasteiger partial charge < -0.3 is 10.1 Å². The average molecular weight is 327 g/mol. The van der Waals surface area contributed by atoms with Crippen molar-refractivity contribution in [3.8, 4) is 5.75 Å². The highest BCUT2D eigenvalue weighted by molar-refractivity contribution is 7.98. The molecule has 3 nitrogen and oxygen atoms in total. The van der Waals surface area contributed by atoms with Crippen molar-refractivity contribution in [3.05, 3.63) is 59.2 Å². The number of fused-ring (bicyclic) bond motifs is 1. The summed E-state index contributed by atoms with van der Waals surface area (Å²) in [6.45, 7) is 2.82. The molecule has 0 unspecified atom stereocenters. The Morgan fingerprint density at radius 3 is 2.96 bits per heavy atom. The van der Waals surface area contributed by atoms with Gasteiger partial charge in [0.15, 0.2) is 0 Å². The molecule has 1 aliphatic rings. The third-order valence-corrected chi connectivity index (χ3v) is 4.81. The standard InChI is InChI=1S/C19H21NO2S/c1-14-3-2-4-15(11-14)13-23-10-9-22-17-6-7-18-16(12-17)5-8-19(21)20-18/h2-4,6-7,11-12H,5,8-10,13H2,1H3,(H,20,21). The van der Waals surface area contributed by atoms with Gasteiger partial charge in [-0.2, -0.15) is 11.8 Å². The molecular formula is C19H21NO2S. The van der Waals surface area contributed by atoms with Crippen molar-refractivity contribution in [2.24, 2.45) is 0 Å². The molecule has 120 valence electrons. The smallest absolute Gasteiger partial charge is 0.224 e. The van der Waals surface area contributed by atoms with Crippen molar-refractivity contribution in [1.29, 1.82) is 0 Å². The first-order valence-corrected chi connectivity index (χ1v) is 9.05. The van der Waals surface area contributed by atoms with Crippen LogP contribution in [0.1, 0.15) is 23.1 Å². The van der Waals surface area contributed by atoms with Gasteiger partial charge in [-0.1, -0.05) is 29.8 Å². The molecule has 0 fully saturated rings. The van der Waals surface area contributed by atoms with Crippen LogP contribution >= 0.6 is 11.8 Å². The third-order valence-electron chi connectivity index (χ3n) is 3.82. The maximum absolute atomic E-state index is 11.3. The number of anilines is 1. The lowest BCUT2D eigenvalue weighted by molar-refractivity contribution is -0.116. The van der Waals surface area contributed by atoms with Gasteiger partial charge in [0, 0.05) is 23.6 Å². The molecule has 2 aromatic carbocycles. The summed E-state index contributed by atoms with van der Waals surface area (Å²) in [6, 6.07) is 14.5. The van der Waals surface area contributed by atoms with E-state index >= 15 is 0 Å². The minimum absolute atomic E-state index is 0.0960. The van der Waals surface area contributed by atoms with Crippen LogP contribution in [0.25, 0.3) is 0 Å². The normalized spacial score (nSPS) is 13.3. The Labute approximate surface area is 141 Å². The number of aryl methyl sites for hydroxylation is 2. The van der Waals surface area contributed by atoms with Gasteiger partial charge in [-0.05, 0) is 42.7 Å². The number of thioether (sulfide) groups is 1. The molecule has 0 radical (unpaired) electrons. The zero-order valence-corrected chi connectivity index (χ0v) is 14.1. The van der Waals surface area contributed by atoms with E-state index in [9.17, 15) is 4.79 Å². The Bertz CT molecular complexity index is 700. The molecule has 4 heteroatoms. The summed E-state index contributed by atoms with van der Waals surface area (Å²) in [5.74, 6) is 2.96. The van der Waals surface area contributed by atoms with E-state index in [1.165, 1.54) is 11.1 Å². The maximum Gasteiger partial charge on any atom is 0.224 e. The van der Waals surface area contributed by atoms with Crippen LogP contribution in [0.2, 0.25) is 0 Å². The van der Waals surface area contributed by atoms with E-state index in [1.807, 2.05) is 30.0 Å². The molecule has 0 spiro atoms. The van der Waals surface area contributed by atoms with Gasteiger partial charge in [-0.25, -0.2) is 0 Å². The van der Waals surface area contributed by atoms with E-state index in [4.69, 9.17) is 4.74 Å². The number of carbonyl (C=O) groups excluding carboxylic acids is 1. The van der Waals surface area contributed by atoms with E-state index in [0.29, 0.717) is 13.0 Å². The molecule has 0 aromatic heterocycles. The van der Waals surface area contributed by atoms with E-state index in [1.54, 1.807) is 0 Å². The highest BCUT2D eigenvalue weighted by Crippen LogP contribution is 2.27. The number of ether oxygens (including phenoxy) is 1. The molecule has 1 amide bonds. The van der Waals surface area contributed by atoms with Crippen LogP contribution in [0.15, 0.2) is 42.5 Å². The van der Waals surface area contributed by atoms with Crippen molar-refractivity contribution in [2.45, 2.75) is 25.5 Å². The number of amides is 1. The van der Waals surface area contributed by atoms with Crippen molar-refractivity contribution in [3.63, 3.8) is 0 Å². The highest BCUT2D eigenvalue weighted by Gasteiger charge is 2.14. The van der Waals surface area contributed by atoms with Crippen LogP contribution < -0.4 is 10.1 Å². The number of carbonyl (C=O) groups is 1. The first-order valence-electron chi connectivity index (χ1n) is 7.89. The molecule has 23 heavy (non-hydrogen) atoms. The Morgan fingerprint density at radius 1 is 1.17 bits per heavy atom. The summed E-state index contributed by atoms with van der Waals surface area (Å²) in [7, 11) is 0. The molecule has 3 rings (SSSR count). The summed E-state index contributed by atoms with van der Waals surface area (Å²) in [4.78, 5) is 11.3. The van der Waals surface area contributed by atoms with Crippen molar-refractivity contribution < 1.29 is 9.53 Å². The summed E-state index contributed by atoms with van der Waals surface area (Å²) in [5, 5.41) is 2.89. The Hall–Kier alpha value is -1.94. The molecule has 0 aliphatic carbocycles. The predicted octanol–water partition coefficient (Wildman–Crippen LogP) is 4.19. The molecule has 1 aliphatic heterocycles. The highest BCUT2D eigenvalue weighted by atomic mass is 32.2. The lowest BCUT2D eigenvalue weighted by Gasteiger charge is -2.17. The zero-order valence-electron chi connectivity index (χ0n) is 13.3. The van der Waals surface area contributed by atoms with Gasteiger partial charge in [0.1, 0.15) is 5.75 Å². The monoisotopic (exact) mass is 327 g/mol. The summed E-state index contributed by atoms with van der Waals surface area (Å²) < 4.78 is 5.83. The van der Waals surface area contributed by atoms with Crippen LogP contribution in [0.5, 0.6) is 5.75 Å². The minimum atomic E-state index is 0.0960. The van der Waals surface area contributed by atoms with Gasteiger partial charge >= 0.3 is 0 Å². The summed E-state index contributed by atoms with van der Waals surface area (Å²) in [6.07, 6.45) is 1.35. The van der Waals surface area contributed by atoms with Gasteiger partial charge in [-0.15, -0.1) is 0 Å². The summed E-state index contributed by atoms with van der Waals surface area (Å²) >= 11 is 1.88. The second kappa shape index (κ2) is 7.55. The van der Waals surface area contributed by atoms with Gasteiger partial charge in [0.25, 0.3) is 0 Å². The van der Waals surface area contributed by atoms with Crippen molar-refractivity contribution in [1.82, 2.24) is 0 Å². The largest absolute Gasteiger partial charge is 0.493 e. The number of hydrogen-bond donors (Lipinski definition) is 1.